The van der Waals surface area contributed by atoms with Crippen molar-refractivity contribution in [3.8, 4) is 0 Å². The van der Waals surface area contributed by atoms with Gasteiger partial charge in [0.1, 0.15) is 0 Å². The molecule has 0 aromatic heterocycles. The molecule has 12 heavy (non-hydrogen) atoms. The molecule has 0 aromatic rings. The zero-order valence-electron chi connectivity index (χ0n) is 7.32. The molecule has 0 heterocycles. The molecule has 0 rings (SSSR count). The molecule has 0 saturated heterocycles. The zero-order chi connectivity index (χ0) is 9.40. The highest BCUT2D eigenvalue weighted by Gasteiger charge is 2.01. The number of hydrogen-bond donors (Lipinski definition) is 0. The average Bonchev–Trinajstić information content (AvgIpc) is 2.01. The van der Waals surface area contributed by atoms with Crippen molar-refractivity contribution in [2.24, 2.45) is 0 Å². The Bertz CT molecular complexity index is 132. The Morgan fingerprint density at radius 2 is 2.17 bits per heavy atom. The van der Waals surface area contributed by atoms with Gasteiger partial charge in [0, 0.05) is 10.9 Å². The standard InChI is InChI=1S/C9H15Cl3/c1-2-3-4-8(11)7-9(12)5-6-10/h7-8H,2-6H2,1H3. The van der Waals surface area contributed by atoms with E-state index in [4.69, 9.17) is 34.8 Å². The van der Waals surface area contributed by atoms with Crippen molar-refractivity contribution in [2.75, 3.05) is 5.88 Å². The fourth-order valence-corrected chi connectivity index (χ4v) is 1.77. The van der Waals surface area contributed by atoms with E-state index in [0.717, 1.165) is 24.3 Å². The summed E-state index contributed by atoms with van der Waals surface area (Å²) in [4.78, 5) is 0. The molecule has 0 aliphatic heterocycles. The molecule has 0 bridgehead atoms. The predicted octanol–water partition coefficient (Wildman–Crippen LogP) is 4.54. The summed E-state index contributed by atoms with van der Waals surface area (Å²) in [5.41, 5.74) is 0. The molecule has 0 N–H and O–H groups in total. The maximum absolute atomic E-state index is 5.99. The summed E-state index contributed by atoms with van der Waals surface area (Å²) >= 11 is 17.3. The Hall–Kier alpha value is 0.610. The summed E-state index contributed by atoms with van der Waals surface area (Å²) in [6, 6.07) is 0. The third-order valence-electron chi connectivity index (χ3n) is 1.53. The minimum atomic E-state index is 0.0701. The van der Waals surface area contributed by atoms with Gasteiger partial charge in [-0.1, -0.05) is 37.4 Å². The van der Waals surface area contributed by atoms with Gasteiger partial charge in [-0.15, -0.1) is 23.2 Å². The lowest BCUT2D eigenvalue weighted by Gasteiger charge is -2.03. The monoisotopic (exact) mass is 228 g/mol. The Kier molecular flexibility index (Phi) is 8.64. The number of alkyl halides is 2. The summed E-state index contributed by atoms with van der Waals surface area (Å²) in [6.45, 7) is 2.15. The molecule has 72 valence electrons. The Balaban J connectivity index is 3.63. The molecule has 0 aliphatic rings. The smallest absolute Gasteiger partial charge is 0.0530 e. The number of rotatable bonds is 6. The van der Waals surface area contributed by atoms with Crippen molar-refractivity contribution in [3.05, 3.63) is 11.1 Å². The molecule has 3 heteroatoms. The summed E-state index contributed by atoms with van der Waals surface area (Å²) < 4.78 is 0. The third-order valence-corrected chi connectivity index (χ3v) is 2.38. The van der Waals surface area contributed by atoms with Gasteiger partial charge in [0.2, 0.25) is 0 Å². The van der Waals surface area contributed by atoms with Crippen LogP contribution in [0.15, 0.2) is 11.1 Å². The van der Waals surface area contributed by atoms with Crippen LogP contribution < -0.4 is 0 Å². The van der Waals surface area contributed by atoms with E-state index in [2.05, 4.69) is 6.92 Å². The Morgan fingerprint density at radius 1 is 1.50 bits per heavy atom. The number of allylic oxidation sites excluding steroid dienone is 2. The van der Waals surface area contributed by atoms with Crippen LogP contribution in [0.3, 0.4) is 0 Å². The van der Waals surface area contributed by atoms with Gasteiger partial charge in [-0.05, 0) is 12.8 Å². The van der Waals surface area contributed by atoms with Gasteiger partial charge in [0.05, 0.1) is 5.38 Å². The van der Waals surface area contributed by atoms with Gasteiger partial charge >= 0.3 is 0 Å². The molecular formula is C9H15Cl3. The lowest BCUT2D eigenvalue weighted by molar-refractivity contribution is 0.732. The Labute approximate surface area is 89.9 Å². The Morgan fingerprint density at radius 3 is 2.67 bits per heavy atom. The van der Waals surface area contributed by atoms with E-state index >= 15 is 0 Å². The normalized spacial score (nSPS) is 14.8. The zero-order valence-corrected chi connectivity index (χ0v) is 9.59. The second kappa shape index (κ2) is 8.22. The molecule has 0 radical (unpaired) electrons. The molecule has 1 atom stereocenters. The summed E-state index contributed by atoms with van der Waals surface area (Å²) in [5, 5.41) is 0.849. The van der Waals surface area contributed by atoms with E-state index in [0.29, 0.717) is 5.88 Å². The summed E-state index contributed by atoms with van der Waals surface area (Å²) in [5.74, 6) is 0.562. The fourth-order valence-electron chi connectivity index (χ4n) is 0.852. The van der Waals surface area contributed by atoms with Gasteiger partial charge in [0.25, 0.3) is 0 Å². The van der Waals surface area contributed by atoms with Crippen LogP contribution in [0.5, 0.6) is 0 Å². The van der Waals surface area contributed by atoms with Gasteiger partial charge in [0.15, 0.2) is 0 Å². The maximum atomic E-state index is 5.99. The van der Waals surface area contributed by atoms with Crippen molar-refractivity contribution in [3.63, 3.8) is 0 Å². The first-order valence-corrected chi connectivity index (χ1v) is 5.61. The highest BCUT2D eigenvalue weighted by molar-refractivity contribution is 6.31. The molecule has 0 aromatic carbocycles. The van der Waals surface area contributed by atoms with Crippen LogP contribution in [0.4, 0.5) is 0 Å². The van der Waals surface area contributed by atoms with E-state index < -0.39 is 0 Å². The minimum Gasteiger partial charge on any atom is -0.126 e. The van der Waals surface area contributed by atoms with Crippen molar-refractivity contribution in [1.82, 2.24) is 0 Å². The van der Waals surface area contributed by atoms with Gasteiger partial charge in [-0.25, -0.2) is 0 Å². The van der Waals surface area contributed by atoms with Gasteiger partial charge in [-0.3, -0.25) is 0 Å². The van der Waals surface area contributed by atoms with Crippen LogP contribution in [0, 0.1) is 0 Å². The van der Waals surface area contributed by atoms with Crippen molar-refractivity contribution in [1.29, 1.82) is 0 Å². The third kappa shape index (κ3) is 7.27. The molecule has 0 aliphatic carbocycles. The van der Waals surface area contributed by atoms with Crippen molar-refractivity contribution < 1.29 is 0 Å². The van der Waals surface area contributed by atoms with Crippen LogP contribution in [0.25, 0.3) is 0 Å². The van der Waals surface area contributed by atoms with E-state index in [1.165, 1.54) is 6.42 Å². The first-order chi connectivity index (χ1) is 5.70. The van der Waals surface area contributed by atoms with Crippen LogP contribution in [0.1, 0.15) is 32.6 Å². The summed E-state index contributed by atoms with van der Waals surface area (Å²) in [6.07, 6.45) is 5.93. The molecule has 0 nitrogen and oxygen atoms in total. The van der Waals surface area contributed by atoms with Crippen LogP contribution in [0.2, 0.25) is 0 Å². The lowest BCUT2D eigenvalue weighted by Crippen LogP contribution is -1.94. The van der Waals surface area contributed by atoms with E-state index in [9.17, 15) is 0 Å². The predicted molar refractivity (Wildman–Crippen MR) is 58.4 cm³/mol. The minimum absolute atomic E-state index is 0.0701. The molecule has 1 unspecified atom stereocenters. The molecular weight excluding hydrogens is 214 g/mol. The van der Waals surface area contributed by atoms with Crippen LogP contribution >= 0.6 is 34.8 Å². The van der Waals surface area contributed by atoms with E-state index in [1.807, 2.05) is 6.08 Å². The highest BCUT2D eigenvalue weighted by Crippen LogP contribution is 2.15. The van der Waals surface area contributed by atoms with Crippen LogP contribution in [-0.2, 0) is 0 Å². The van der Waals surface area contributed by atoms with Gasteiger partial charge in [-0.2, -0.15) is 0 Å². The largest absolute Gasteiger partial charge is 0.126 e. The van der Waals surface area contributed by atoms with Gasteiger partial charge < -0.3 is 0 Å². The fraction of sp³-hybridized carbons (Fsp3) is 0.778. The van der Waals surface area contributed by atoms with E-state index in [-0.39, 0.29) is 5.38 Å². The lowest BCUT2D eigenvalue weighted by atomic mass is 10.2. The number of unbranched alkanes of at least 4 members (excludes halogenated alkanes) is 1. The molecule has 0 fully saturated rings. The molecule has 0 amide bonds. The van der Waals surface area contributed by atoms with Crippen molar-refractivity contribution >= 4 is 34.8 Å². The highest BCUT2D eigenvalue weighted by atomic mass is 35.5. The number of halogens is 3. The first-order valence-electron chi connectivity index (χ1n) is 4.27. The second-order valence-corrected chi connectivity index (χ2v) is 4.13. The maximum Gasteiger partial charge on any atom is 0.0530 e. The molecule has 0 spiro atoms. The first kappa shape index (κ1) is 12.6. The number of hydrogen-bond acceptors (Lipinski definition) is 0. The van der Waals surface area contributed by atoms with Crippen molar-refractivity contribution in [2.45, 2.75) is 38.0 Å². The topological polar surface area (TPSA) is 0 Å². The SMILES string of the molecule is CCCCC(Cl)C=C(Cl)CCCl. The quantitative estimate of drug-likeness (QED) is 0.587. The van der Waals surface area contributed by atoms with E-state index in [1.54, 1.807) is 0 Å². The van der Waals surface area contributed by atoms with Crippen LogP contribution in [-0.4, -0.2) is 11.3 Å². The second-order valence-electron chi connectivity index (χ2n) is 2.71. The average molecular weight is 230 g/mol. The summed E-state index contributed by atoms with van der Waals surface area (Å²) in [7, 11) is 0. The molecule has 0 saturated carbocycles.